The molecule has 1 N–H and O–H groups in total. The summed E-state index contributed by atoms with van der Waals surface area (Å²) >= 11 is 0. The molecule has 4 aromatic carbocycles. The van der Waals surface area contributed by atoms with Gasteiger partial charge in [-0.15, -0.1) is 0 Å². The molecule has 1 nitrogen and oxygen atoms in total. The van der Waals surface area contributed by atoms with Crippen LogP contribution in [-0.2, 0) is 39.9 Å². The normalized spacial score (nSPS) is 18.0. The van der Waals surface area contributed by atoms with Crippen LogP contribution in [0.25, 0.3) is 0 Å². The lowest BCUT2D eigenvalue weighted by Crippen LogP contribution is -2.33. The zero-order valence-corrected chi connectivity index (χ0v) is 33.1. The highest BCUT2D eigenvalue weighted by Crippen LogP contribution is 2.56. The molecule has 0 fully saturated rings. The summed E-state index contributed by atoms with van der Waals surface area (Å²) < 4.78 is 0. The summed E-state index contributed by atoms with van der Waals surface area (Å²) in [4.78, 5) is 0. The Balaban J connectivity index is 1.73. The number of aryl methyl sites for hydroxylation is 2. The van der Waals surface area contributed by atoms with Crippen molar-refractivity contribution in [1.82, 2.24) is 0 Å². The molecule has 0 aromatic heterocycles. The molecule has 1 spiro atoms. The lowest BCUT2D eigenvalue weighted by atomic mass is 9.76. The zero-order chi connectivity index (χ0) is 35.0. The Hall–Kier alpha value is -2.89. The van der Waals surface area contributed by atoms with Crippen LogP contribution in [0.2, 0.25) is 0 Å². The SMILES string of the molecule is CNc1cccc2c1[C@@]1(CC2)CCc2cccc(P(c3cc(C(C)(C)C)cc(C(C)(C)C)c3)c3cc(C(C)(C)C)cc(C(C)(C)C)c3)c21. The fraction of sp³-hybridized carbons (Fsp3) is 0.478. The van der Waals surface area contributed by atoms with E-state index in [-0.39, 0.29) is 27.1 Å². The van der Waals surface area contributed by atoms with E-state index < -0.39 is 7.92 Å². The number of anilines is 1. The second kappa shape index (κ2) is 11.9. The molecule has 48 heavy (non-hydrogen) atoms. The van der Waals surface area contributed by atoms with Gasteiger partial charge in [0.25, 0.3) is 0 Å². The lowest BCUT2D eigenvalue weighted by molar-refractivity contribution is 0.510. The minimum Gasteiger partial charge on any atom is -0.388 e. The molecule has 2 aliphatic rings. The van der Waals surface area contributed by atoms with Gasteiger partial charge in [-0.05, 0) is 122 Å². The highest BCUT2D eigenvalue weighted by Gasteiger charge is 2.48. The molecule has 0 saturated heterocycles. The molecule has 0 heterocycles. The van der Waals surface area contributed by atoms with Gasteiger partial charge in [0, 0.05) is 18.2 Å². The Morgan fingerprint density at radius 2 is 0.917 bits per heavy atom. The predicted molar refractivity (Wildman–Crippen MR) is 213 cm³/mol. The summed E-state index contributed by atoms with van der Waals surface area (Å²) in [5.41, 5.74) is 13.6. The molecule has 2 heteroatoms. The van der Waals surface area contributed by atoms with Crippen molar-refractivity contribution in [3.63, 3.8) is 0 Å². The second-order valence-corrected chi connectivity index (χ2v) is 21.0. The van der Waals surface area contributed by atoms with Crippen molar-refractivity contribution in [1.29, 1.82) is 0 Å². The number of hydrogen-bond donors (Lipinski definition) is 1. The van der Waals surface area contributed by atoms with Crippen molar-refractivity contribution in [2.45, 2.75) is 136 Å². The van der Waals surface area contributed by atoms with E-state index in [1.54, 1.807) is 22.0 Å². The second-order valence-electron chi connectivity index (χ2n) is 18.9. The van der Waals surface area contributed by atoms with Crippen LogP contribution >= 0.6 is 7.92 Å². The van der Waals surface area contributed by atoms with E-state index in [1.165, 1.54) is 57.0 Å². The van der Waals surface area contributed by atoms with Crippen LogP contribution in [0.3, 0.4) is 0 Å². The van der Waals surface area contributed by atoms with E-state index >= 15 is 0 Å². The summed E-state index contributed by atoms with van der Waals surface area (Å²) in [5.74, 6) is 0. The summed E-state index contributed by atoms with van der Waals surface area (Å²) in [5, 5.41) is 8.17. The van der Waals surface area contributed by atoms with Gasteiger partial charge in [-0.3, -0.25) is 0 Å². The molecule has 2 aliphatic carbocycles. The minimum atomic E-state index is -0.868. The lowest BCUT2D eigenvalue weighted by Gasteiger charge is -2.35. The summed E-state index contributed by atoms with van der Waals surface area (Å²) in [6, 6.07) is 29.6. The molecule has 6 rings (SSSR count). The Kier molecular flexibility index (Phi) is 8.64. The number of hydrogen-bond acceptors (Lipinski definition) is 1. The number of rotatable bonds is 4. The standard InChI is InChI=1S/C46H60NP/c1-42(2,3)32-24-33(43(4,5)6)27-36(26-32)48(37-28-34(44(7,8)9)25-35(29-37)45(10,11)12)39-19-15-17-31-21-23-46(41(31)39)22-20-30-16-14-18-38(47-13)40(30)46/h14-19,24-29,47H,20-23H2,1-13H3/t46-/m1/s1. The van der Waals surface area contributed by atoms with E-state index in [4.69, 9.17) is 0 Å². The molecule has 4 aromatic rings. The van der Waals surface area contributed by atoms with Gasteiger partial charge < -0.3 is 5.32 Å². The third-order valence-corrected chi connectivity index (χ3v) is 13.6. The number of fused-ring (bicyclic) bond motifs is 4. The highest BCUT2D eigenvalue weighted by atomic mass is 31.1. The third-order valence-electron chi connectivity index (χ3n) is 11.2. The maximum atomic E-state index is 3.62. The van der Waals surface area contributed by atoms with Gasteiger partial charge in [0.1, 0.15) is 0 Å². The van der Waals surface area contributed by atoms with Gasteiger partial charge in [0.2, 0.25) is 0 Å². The Bertz CT molecular complexity index is 1710. The maximum Gasteiger partial charge on any atom is 0.0382 e. The van der Waals surface area contributed by atoms with Crippen molar-refractivity contribution < 1.29 is 0 Å². The molecule has 0 bridgehead atoms. The minimum absolute atomic E-state index is 0.0461. The largest absolute Gasteiger partial charge is 0.388 e. The van der Waals surface area contributed by atoms with Crippen molar-refractivity contribution in [2.24, 2.45) is 0 Å². The van der Waals surface area contributed by atoms with Crippen molar-refractivity contribution in [2.75, 3.05) is 12.4 Å². The van der Waals surface area contributed by atoms with Gasteiger partial charge in [-0.25, -0.2) is 0 Å². The Labute approximate surface area is 294 Å². The van der Waals surface area contributed by atoms with Crippen molar-refractivity contribution in [3.05, 3.63) is 117 Å². The van der Waals surface area contributed by atoms with E-state index in [1.807, 2.05) is 0 Å². The van der Waals surface area contributed by atoms with Crippen LogP contribution in [0.1, 0.15) is 140 Å². The molecular formula is C46H60NP. The van der Waals surface area contributed by atoms with E-state index in [0.717, 1.165) is 12.8 Å². The van der Waals surface area contributed by atoms with E-state index in [0.29, 0.717) is 0 Å². The molecule has 1 atom stereocenters. The highest BCUT2D eigenvalue weighted by molar-refractivity contribution is 7.80. The summed E-state index contributed by atoms with van der Waals surface area (Å²) in [6.45, 7) is 28.5. The first-order valence-electron chi connectivity index (χ1n) is 18.3. The van der Waals surface area contributed by atoms with Gasteiger partial charge in [0.05, 0.1) is 0 Å². The Morgan fingerprint density at radius 1 is 0.521 bits per heavy atom. The smallest absolute Gasteiger partial charge is 0.0382 e. The average Bonchev–Trinajstić information content (AvgIpc) is 3.57. The molecular weight excluding hydrogens is 597 g/mol. The van der Waals surface area contributed by atoms with Crippen LogP contribution in [0.5, 0.6) is 0 Å². The average molecular weight is 658 g/mol. The van der Waals surface area contributed by atoms with Gasteiger partial charge >= 0.3 is 0 Å². The van der Waals surface area contributed by atoms with E-state index in [9.17, 15) is 0 Å². The monoisotopic (exact) mass is 657 g/mol. The fourth-order valence-electron chi connectivity index (χ4n) is 8.20. The van der Waals surface area contributed by atoms with Crippen molar-refractivity contribution >= 4 is 29.5 Å². The molecule has 0 unspecified atom stereocenters. The van der Waals surface area contributed by atoms with Crippen molar-refractivity contribution in [3.8, 4) is 0 Å². The first-order valence-corrected chi connectivity index (χ1v) is 19.6. The van der Waals surface area contributed by atoms with Crippen LogP contribution in [0.15, 0.2) is 72.8 Å². The van der Waals surface area contributed by atoms with Gasteiger partial charge in [-0.1, -0.05) is 150 Å². The van der Waals surface area contributed by atoms with Gasteiger partial charge in [-0.2, -0.15) is 0 Å². The molecule has 0 aliphatic heterocycles. The Morgan fingerprint density at radius 3 is 1.31 bits per heavy atom. The quantitative estimate of drug-likeness (QED) is 0.215. The summed E-state index contributed by atoms with van der Waals surface area (Å²) in [7, 11) is 1.24. The predicted octanol–water partition coefficient (Wildman–Crippen LogP) is 10.9. The molecule has 254 valence electrons. The molecule has 0 radical (unpaired) electrons. The van der Waals surface area contributed by atoms with E-state index in [2.05, 4.69) is 168 Å². The van der Waals surface area contributed by atoms with Crippen LogP contribution in [0, 0.1) is 0 Å². The first kappa shape index (κ1) is 35.0. The third kappa shape index (κ3) is 6.19. The number of nitrogens with one attached hydrogen (secondary N) is 1. The fourth-order valence-corrected chi connectivity index (χ4v) is 10.9. The number of benzene rings is 4. The van der Waals surface area contributed by atoms with Crippen LogP contribution in [0.4, 0.5) is 5.69 Å². The summed E-state index contributed by atoms with van der Waals surface area (Å²) in [6.07, 6.45) is 4.68. The molecule has 0 amide bonds. The van der Waals surface area contributed by atoms with Crippen LogP contribution in [-0.4, -0.2) is 7.05 Å². The molecule has 0 saturated carbocycles. The van der Waals surface area contributed by atoms with Gasteiger partial charge in [0.15, 0.2) is 0 Å². The maximum absolute atomic E-state index is 3.62. The zero-order valence-electron chi connectivity index (χ0n) is 32.2. The van der Waals surface area contributed by atoms with Crippen LogP contribution < -0.4 is 21.2 Å². The first-order chi connectivity index (χ1) is 22.2. The topological polar surface area (TPSA) is 12.0 Å².